The summed E-state index contributed by atoms with van der Waals surface area (Å²) in [5.74, 6) is 1.46. The first kappa shape index (κ1) is 16.0. The molecule has 5 nitrogen and oxygen atoms in total. The van der Waals surface area contributed by atoms with Crippen LogP contribution in [0.4, 0.5) is 17.3 Å². The number of nitriles is 1. The fraction of sp³-hybridized carbons (Fsp3) is 0.316. The number of hydrogen-bond acceptors (Lipinski definition) is 5. The van der Waals surface area contributed by atoms with Crippen LogP contribution in [0.3, 0.4) is 0 Å². The van der Waals surface area contributed by atoms with Crippen LogP contribution in [0.25, 0.3) is 0 Å². The number of para-hydroxylation sites is 1. The van der Waals surface area contributed by atoms with E-state index in [1.165, 1.54) is 32.0 Å². The van der Waals surface area contributed by atoms with Gasteiger partial charge in [-0.25, -0.2) is 9.97 Å². The zero-order valence-electron chi connectivity index (χ0n) is 13.6. The second kappa shape index (κ2) is 8.11. The van der Waals surface area contributed by atoms with E-state index < -0.39 is 0 Å². The summed E-state index contributed by atoms with van der Waals surface area (Å²) in [6.45, 7) is 0.872. The Labute approximate surface area is 142 Å². The number of nitrogens with one attached hydrogen (secondary N) is 2. The third-order valence-electron chi connectivity index (χ3n) is 4.11. The Hall–Kier alpha value is -2.87. The van der Waals surface area contributed by atoms with E-state index in [2.05, 4.69) is 32.7 Å². The Morgan fingerprint density at radius 1 is 1.12 bits per heavy atom. The van der Waals surface area contributed by atoms with Crippen molar-refractivity contribution < 1.29 is 0 Å². The van der Waals surface area contributed by atoms with Crippen LogP contribution in [0.15, 0.2) is 48.3 Å². The molecular weight excluding hydrogens is 298 g/mol. The van der Waals surface area contributed by atoms with Crippen molar-refractivity contribution in [1.29, 1.82) is 5.26 Å². The Kier molecular flexibility index (Phi) is 5.41. The highest BCUT2D eigenvalue weighted by Crippen LogP contribution is 2.21. The normalized spacial score (nSPS) is 13.7. The summed E-state index contributed by atoms with van der Waals surface area (Å²) >= 11 is 0. The van der Waals surface area contributed by atoms with Gasteiger partial charge in [-0.1, -0.05) is 23.8 Å². The van der Waals surface area contributed by atoms with Crippen molar-refractivity contribution in [3.8, 4) is 6.07 Å². The van der Waals surface area contributed by atoms with E-state index in [0.29, 0.717) is 11.4 Å². The van der Waals surface area contributed by atoms with E-state index in [-0.39, 0.29) is 0 Å². The second-order valence-corrected chi connectivity index (χ2v) is 5.86. The van der Waals surface area contributed by atoms with Crippen LogP contribution in [0.1, 0.15) is 37.7 Å². The van der Waals surface area contributed by atoms with Gasteiger partial charge < -0.3 is 10.6 Å². The Balaban J connectivity index is 1.59. The molecule has 2 N–H and O–H groups in total. The van der Waals surface area contributed by atoms with Crippen LogP contribution < -0.4 is 10.6 Å². The topological polar surface area (TPSA) is 73.6 Å². The Bertz CT molecular complexity index is 760. The lowest BCUT2D eigenvalue weighted by molar-refractivity contribution is 0.679. The van der Waals surface area contributed by atoms with Crippen molar-refractivity contribution in [3.63, 3.8) is 0 Å². The lowest BCUT2D eigenvalue weighted by atomic mass is 9.97. The van der Waals surface area contributed by atoms with Gasteiger partial charge in [0, 0.05) is 12.6 Å². The molecule has 0 fully saturated rings. The molecule has 2 aromatic rings. The van der Waals surface area contributed by atoms with Crippen LogP contribution >= 0.6 is 0 Å². The Morgan fingerprint density at radius 2 is 2.00 bits per heavy atom. The Morgan fingerprint density at radius 3 is 2.83 bits per heavy atom. The van der Waals surface area contributed by atoms with Crippen molar-refractivity contribution >= 4 is 17.3 Å². The highest BCUT2D eigenvalue weighted by Gasteiger charge is 2.05. The minimum atomic E-state index is 0.592. The fourth-order valence-corrected chi connectivity index (χ4v) is 2.83. The van der Waals surface area contributed by atoms with Gasteiger partial charge in [0.1, 0.15) is 24.0 Å². The summed E-state index contributed by atoms with van der Waals surface area (Å²) < 4.78 is 0. The maximum absolute atomic E-state index is 9.15. The van der Waals surface area contributed by atoms with E-state index >= 15 is 0 Å². The van der Waals surface area contributed by atoms with Gasteiger partial charge in [0.2, 0.25) is 0 Å². The highest BCUT2D eigenvalue weighted by atomic mass is 15.1. The first-order valence-corrected chi connectivity index (χ1v) is 8.35. The van der Waals surface area contributed by atoms with Crippen molar-refractivity contribution in [2.24, 2.45) is 0 Å². The molecule has 0 atom stereocenters. The highest BCUT2D eigenvalue weighted by molar-refractivity contribution is 5.65. The van der Waals surface area contributed by atoms with E-state index in [4.69, 9.17) is 5.26 Å². The fourth-order valence-electron chi connectivity index (χ4n) is 2.83. The summed E-state index contributed by atoms with van der Waals surface area (Å²) in [7, 11) is 0. The summed E-state index contributed by atoms with van der Waals surface area (Å²) in [5.41, 5.74) is 2.89. The molecule has 0 aliphatic heterocycles. The van der Waals surface area contributed by atoms with Gasteiger partial charge in [0.05, 0.1) is 11.3 Å². The average Bonchev–Trinajstić information content (AvgIpc) is 2.63. The van der Waals surface area contributed by atoms with Gasteiger partial charge in [-0.05, 0) is 44.2 Å². The predicted molar refractivity (Wildman–Crippen MR) is 96.1 cm³/mol. The predicted octanol–water partition coefficient (Wildman–Crippen LogP) is 4.39. The molecule has 0 amide bonds. The standard InChI is InChI=1S/C19H21N5/c20-13-16-8-4-5-9-17(16)24-19-12-18(22-14-23-19)21-11-10-15-6-2-1-3-7-15/h4-6,8-9,12,14H,1-3,7,10-11H2,(H2,21,22,23,24). The monoisotopic (exact) mass is 319 g/mol. The molecule has 0 radical (unpaired) electrons. The zero-order valence-corrected chi connectivity index (χ0v) is 13.6. The van der Waals surface area contributed by atoms with Crippen molar-refractivity contribution in [1.82, 2.24) is 9.97 Å². The third-order valence-corrected chi connectivity index (χ3v) is 4.11. The van der Waals surface area contributed by atoms with Gasteiger partial charge in [-0.15, -0.1) is 0 Å². The van der Waals surface area contributed by atoms with Crippen LogP contribution in [0.2, 0.25) is 0 Å². The molecule has 122 valence electrons. The number of hydrogen-bond donors (Lipinski definition) is 2. The van der Waals surface area contributed by atoms with Crippen LogP contribution in [-0.2, 0) is 0 Å². The number of nitrogens with zero attached hydrogens (tertiary/aromatic N) is 3. The molecule has 1 aliphatic rings. The van der Waals surface area contributed by atoms with Crippen LogP contribution in [-0.4, -0.2) is 16.5 Å². The maximum Gasteiger partial charge on any atom is 0.135 e. The number of benzene rings is 1. The van der Waals surface area contributed by atoms with Crippen LogP contribution in [0.5, 0.6) is 0 Å². The largest absolute Gasteiger partial charge is 0.370 e. The maximum atomic E-state index is 9.15. The number of rotatable bonds is 6. The van der Waals surface area contributed by atoms with E-state index in [9.17, 15) is 0 Å². The number of allylic oxidation sites excluding steroid dienone is 1. The summed E-state index contributed by atoms with van der Waals surface area (Å²) in [6.07, 6.45) is 10.0. The third kappa shape index (κ3) is 4.32. The van der Waals surface area contributed by atoms with Gasteiger partial charge >= 0.3 is 0 Å². The molecule has 1 aromatic heterocycles. The average molecular weight is 319 g/mol. The lowest BCUT2D eigenvalue weighted by Gasteiger charge is -2.13. The molecule has 0 bridgehead atoms. The molecule has 1 aromatic carbocycles. The first-order valence-electron chi connectivity index (χ1n) is 8.35. The lowest BCUT2D eigenvalue weighted by Crippen LogP contribution is -2.06. The second-order valence-electron chi connectivity index (χ2n) is 5.86. The molecule has 0 saturated carbocycles. The molecule has 0 saturated heterocycles. The van der Waals surface area contributed by atoms with E-state index in [1.54, 1.807) is 11.6 Å². The smallest absolute Gasteiger partial charge is 0.135 e. The van der Waals surface area contributed by atoms with Gasteiger partial charge in [-0.2, -0.15) is 5.26 Å². The minimum absolute atomic E-state index is 0.592. The first-order chi connectivity index (χ1) is 11.8. The minimum Gasteiger partial charge on any atom is -0.370 e. The molecule has 1 aliphatic carbocycles. The van der Waals surface area contributed by atoms with Crippen molar-refractivity contribution in [2.75, 3.05) is 17.2 Å². The number of aromatic nitrogens is 2. The molecule has 1 heterocycles. The molecule has 5 heteroatoms. The van der Waals surface area contributed by atoms with Crippen molar-refractivity contribution in [2.45, 2.75) is 32.1 Å². The molecular formula is C19H21N5. The van der Waals surface area contributed by atoms with Gasteiger partial charge in [0.25, 0.3) is 0 Å². The molecule has 0 spiro atoms. The zero-order chi connectivity index (χ0) is 16.6. The SMILES string of the molecule is N#Cc1ccccc1Nc1cc(NCCC2=CCCCC2)ncn1. The molecule has 3 rings (SSSR count). The molecule has 24 heavy (non-hydrogen) atoms. The number of anilines is 3. The summed E-state index contributed by atoms with van der Waals surface area (Å²) in [6, 6.07) is 11.4. The van der Waals surface area contributed by atoms with E-state index in [1.807, 2.05) is 24.3 Å². The van der Waals surface area contributed by atoms with Crippen LogP contribution in [0, 0.1) is 11.3 Å². The quantitative estimate of drug-likeness (QED) is 0.772. The van der Waals surface area contributed by atoms with Gasteiger partial charge in [0.15, 0.2) is 0 Å². The molecule has 0 unspecified atom stereocenters. The van der Waals surface area contributed by atoms with Crippen molar-refractivity contribution in [3.05, 3.63) is 53.9 Å². The summed E-state index contributed by atoms with van der Waals surface area (Å²) in [4.78, 5) is 8.48. The van der Waals surface area contributed by atoms with Gasteiger partial charge in [-0.3, -0.25) is 0 Å². The van der Waals surface area contributed by atoms with E-state index in [0.717, 1.165) is 24.5 Å². The summed E-state index contributed by atoms with van der Waals surface area (Å²) in [5, 5.41) is 15.7.